The van der Waals surface area contributed by atoms with Crippen LogP contribution >= 0.6 is 8.60 Å². The van der Waals surface area contributed by atoms with Crippen molar-refractivity contribution in [2.24, 2.45) is 11.8 Å². The predicted molar refractivity (Wildman–Crippen MR) is 157 cm³/mol. The minimum Gasteiger partial charge on any atom is -0.462 e. The van der Waals surface area contributed by atoms with Crippen LogP contribution in [-0.4, -0.2) is 39.2 Å². The fourth-order valence-corrected chi connectivity index (χ4v) is 4.31. The van der Waals surface area contributed by atoms with Crippen LogP contribution in [0.5, 0.6) is 0 Å². The Morgan fingerprint density at radius 2 is 1.82 bits per heavy atom. The van der Waals surface area contributed by atoms with Crippen LogP contribution in [0.4, 0.5) is 0 Å². The highest BCUT2D eigenvalue weighted by Gasteiger charge is 2.24. The summed E-state index contributed by atoms with van der Waals surface area (Å²) < 4.78 is 11.0. The van der Waals surface area contributed by atoms with Crippen LogP contribution in [-0.2, 0) is 14.1 Å². The number of aliphatic hydroxyl groups excluding tert-OH is 1. The molecule has 5 unspecified atom stereocenters. The monoisotopic (exact) mass is 544 g/mol. The van der Waals surface area contributed by atoms with Gasteiger partial charge in [0.25, 0.3) is 0 Å². The van der Waals surface area contributed by atoms with Gasteiger partial charge in [-0.3, -0.25) is 4.79 Å². The van der Waals surface area contributed by atoms with E-state index >= 15 is 0 Å². The summed E-state index contributed by atoms with van der Waals surface area (Å²) in [6, 6.07) is 0. The van der Waals surface area contributed by atoms with Crippen molar-refractivity contribution in [2.45, 2.75) is 77.6 Å². The molecule has 0 saturated heterocycles. The number of rotatable bonds is 6. The average Bonchev–Trinajstić information content (AvgIpc) is 2.86. The lowest BCUT2D eigenvalue weighted by molar-refractivity contribution is -0.148. The maximum atomic E-state index is 12.8. The van der Waals surface area contributed by atoms with Gasteiger partial charge in [0.05, 0.1) is 18.6 Å². The largest absolute Gasteiger partial charge is 0.462 e. The van der Waals surface area contributed by atoms with Crippen molar-refractivity contribution >= 4 is 14.6 Å². The van der Waals surface area contributed by atoms with Crippen LogP contribution in [0.25, 0.3) is 0 Å². The van der Waals surface area contributed by atoms with Crippen LogP contribution in [0.1, 0.15) is 59.3 Å². The van der Waals surface area contributed by atoms with Crippen molar-refractivity contribution in [3.05, 3.63) is 97.2 Å². The molecule has 1 rings (SSSR count). The average molecular weight is 545 g/mol. The number of hydrogen-bond donors (Lipinski definition) is 3. The second-order valence-corrected chi connectivity index (χ2v) is 10.3. The zero-order valence-electron chi connectivity index (χ0n) is 23.0. The summed E-state index contributed by atoms with van der Waals surface area (Å²) >= 11 is 0. The molecule has 0 saturated carbocycles. The van der Waals surface area contributed by atoms with Crippen LogP contribution in [0.3, 0.4) is 0 Å². The van der Waals surface area contributed by atoms with E-state index in [-0.39, 0.29) is 30.3 Å². The minimum absolute atomic E-state index is 0.0469. The number of ether oxygens (including phenoxy) is 1. The molecule has 0 bridgehead atoms. The molecule has 1 aliphatic heterocycles. The molecule has 1 heterocycles. The highest BCUT2D eigenvalue weighted by molar-refractivity contribution is 7.39. The molecule has 0 fully saturated rings. The molecular formula is C31H45O6P. The van der Waals surface area contributed by atoms with Crippen LogP contribution in [0.2, 0.25) is 0 Å². The molecule has 6 nitrogen and oxygen atoms in total. The standard InChI is InChI=1S/C31H45O6P/c1-6-16-24(2)21-22-28-18-14-11-15-20-29(37-38(34)35)19-13-10-8-7-9-12-17-25(3)31(33)27(5)26(4)23-30(32)36-28/h6-12,14-17,20,25,27-29,31,33-35H,1,4,13,18-19,21-23H2,2-3,5H3/b9-7-,10-8-,14-11-,17-12-,20-15-,24-16+. The van der Waals surface area contributed by atoms with Gasteiger partial charge in [0.1, 0.15) is 6.10 Å². The quantitative estimate of drug-likeness (QED) is 0.145. The zero-order valence-corrected chi connectivity index (χ0v) is 23.9. The first kappa shape index (κ1) is 33.7. The lowest BCUT2D eigenvalue weighted by atomic mass is 9.87. The molecular weight excluding hydrogens is 499 g/mol. The van der Waals surface area contributed by atoms with Gasteiger partial charge in [-0.15, -0.1) is 0 Å². The van der Waals surface area contributed by atoms with Crippen LogP contribution < -0.4 is 0 Å². The smallest absolute Gasteiger partial charge is 0.327 e. The summed E-state index contributed by atoms with van der Waals surface area (Å²) in [6.45, 7) is 13.6. The van der Waals surface area contributed by atoms with E-state index < -0.39 is 20.8 Å². The van der Waals surface area contributed by atoms with Gasteiger partial charge in [-0.1, -0.05) is 111 Å². The Morgan fingerprint density at radius 3 is 2.53 bits per heavy atom. The molecule has 0 aromatic carbocycles. The molecule has 38 heavy (non-hydrogen) atoms. The molecule has 0 amide bonds. The summed E-state index contributed by atoms with van der Waals surface area (Å²) in [7, 11) is -2.47. The summed E-state index contributed by atoms with van der Waals surface area (Å²) in [6.07, 6.45) is 24.4. The molecule has 3 N–H and O–H groups in total. The Kier molecular flexibility index (Phi) is 17.5. The summed E-state index contributed by atoms with van der Waals surface area (Å²) in [4.78, 5) is 31.4. The highest BCUT2D eigenvalue weighted by Crippen LogP contribution is 2.29. The zero-order chi connectivity index (χ0) is 28.3. The number of carbonyl (C=O) groups is 1. The fourth-order valence-electron chi connectivity index (χ4n) is 3.89. The molecule has 7 heteroatoms. The van der Waals surface area contributed by atoms with E-state index in [1.807, 2.05) is 75.5 Å². The molecule has 5 atom stereocenters. The molecule has 0 radical (unpaired) electrons. The number of aliphatic hydroxyl groups is 1. The lowest BCUT2D eigenvalue weighted by Crippen LogP contribution is -2.27. The van der Waals surface area contributed by atoms with Crippen molar-refractivity contribution in [2.75, 3.05) is 0 Å². The maximum absolute atomic E-state index is 12.8. The number of hydrogen-bond acceptors (Lipinski definition) is 6. The first-order chi connectivity index (χ1) is 18.1. The van der Waals surface area contributed by atoms with Crippen LogP contribution in [0, 0.1) is 11.8 Å². The Hall–Kier alpha value is -2.34. The number of allylic oxidation sites excluding steroid dienone is 10. The first-order valence-corrected chi connectivity index (χ1v) is 14.3. The van der Waals surface area contributed by atoms with Crippen molar-refractivity contribution < 1.29 is 28.9 Å². The Balaban J connectivity index is 3.09. The van der Waals surface area contributed by atoms with Gasteiger partial charge < -0.3 is 24.2 Å². The molecule has 1 aliphatic rings. The van der Waals surface area contributed by atoms with Gasteiger partial charge in [0, 0.05) is 18.3 Å². The van der Waals surface area contributed by atoms with Gasteiger partial charge in [0.2, 0.25) is 0 Å². The SMILES string of the molecule is C=C/C=C(\C)CCC1C/C=C\C=C/C(OP(O)O)CC\C=C/C=C\C=C/C(C)C(O)C(C)C(=C)CC(=O)O1. The van der Waals surface area contributed by atoms with Gasteiger partial charge in [-0.2, -0.15) is 0 Å². The van der Waals surface area contributed by atoms with E-state index in [4.69, 9.17) is 9.26 Å². The van der Waals surface area contributed by atoms with Gasteiger partial charge in [-0.25, -0.2) is 0 Å². The van der Waals surface area contributed by atoms with E-state index in [1.165, 1.54) is 0 Å². The van der Waals surface area contributed by atoms with Gasteiger partial charge >= 0.3 is 14.6 Å². The predicted octanol–water partition coefficient (Wildman–Crippen LogP) is 6.95. The Bertz CT molecular complexity index is 911. The fraction of sp³-hybridized carbons (Fsp3) is 0.452. The maximum Gasteiger partial charge on any atom is 0.327 e. The summed E-state index contributed by atoms with van der Waals surface area (Å²) in [5.74, 6) is -0.751. The van der Waals surface area contributed by atoms with E-state index in [9.17, 15) is 19.7 Å². The molecule has 0 aromatic rings. The second-order valence-electron chi connectivity index (χ2n) is 9.59. The number of carbonyl (C=O) groups excluding carboxylic acids is 1. The third-order valence-corrected chi connectivity index (χ3v) is 6.79. The van der Waals surface area contributed by atoms with E-state index in [0.717, 1.165) is 12.0 Å². The van der Waals surface area contributed by atoms with Crippen molar-refractivity contribution in [1.82, 2.24) is 0 Å². The third-order valence-electron chi connectivity index (χ3n) is 6.33. The third kappa shape index (κ3) is 15.2. The van der Waals surface area contributed by atoms with E-state index in [2.05, 4.69) is 13.2 Å². The minimum atomic E-state index is -2.47. The Labute approximate surface area is 230 Å². The molecule has 0 spiro atoms. The van der Waals surface area contributed by atoms with Gasteiger partial charge in [-0.05, 0) is 32.6 Å². The van der Waals surface area contributed by atoms with E-state index in [0.29, 0.717) is 31.3 Å². The molecule has 210 valence electrons. The second kappa shape index (κ2) is 19.7. The van der Waals surface area contributed by atoms with Crippen molar-refractivity contribution in [3.8, 4) is 0 Å². The van der Waals surface area contributed by atoms with Gasteiger partial charge in [0.15, 0.2) is 0 Å². The molecule has 0 aliphatic carbocycles. The lowest BCUT2D eigenvalue weighted by Gasteiger charge is -2.25. The van der Waals surface area contributed by atoms with Crippen molar-refractivity contribution in [3.63, 3.8) is 0 Å². The first-order valence-electron chi connectivity index (χ1n) is 13.1. The number of esters is 1. The topological polar surface area (TPSA) is 96.2 Å². The van der Waals surface area contributed by atoms with Crippen molar-refractivity contribution in [1.29, 1.82) is 0 Å². The highest BCUT2D eigenvalue weighted by atomic mass is 31.2. The Morgan fingerprint density at radius 1 is 1.13 bits per heavy atom. The van der Waals surface area contributed by atoms with Crippen LogP contribution in [0.15, 0.2) is 97.2 Å². The number of cyclic esters (lactones) is 1. The normalized spacial score (nSPS) is 31.3. The molecule has 0 aromatic heterocycles. The summed E-state index contributed by atoms with van der Waals surface area (Å²) in [5, 5.41) is 10.8. The van der Waals surface area contributed by atoms with E-state index in [1.54, 1.807) is 18.2 Å². The summed E-state index contributed by atoms with van der Waals surface area (Å²) in [5.41, 5.74) is 1.79.